The quantitative estimate of drug-likeness (QED) is 0.491. The van der Waals surface area contributed by atoms with E-state index >= 15 is 0 Å². The highest BCUT2D eigenvalue weighted by Gasteiger charge is 2.33. The van der Waals surface area contributed by atoms with Crippen LogP contribution >= 0.6 is 11.6 Å². The van der Waals surface area contributed by atoms with E-state index in [4.69, 9.17) is 11.6 Å². The van der Waals surface area contributed by atoms with Gasteiger partial charge in [0.25, 0.3) is 0 Å². The minimum absolute atomic E-state index is 0.0810. The molecule has 0 radical (unpaired) electrons. The number of hydrogen-bond acceptors (Lipinski definition) is 4. The van der Waals surface area contributed by atoms with E-state index in [1.807, 2.05) is 13.0 Å². The van der Waals surface area contributed by atoms with Gasteiger partial charge in [-0.05, 0) is 50.1 Å². The molecule has 4 rings (SSSR count). The van der Waals surface area contributed by atoms with E-state index in [1.165, 1.54) is 10.4 Å². The smallest absolute Gasteiger partial charge is 0.243 e. The Morgan fingerprint density at radius 3 is 2.41 bits per heavy atom. The highest BCUT2D eigenvalue weighted by atomic mass is 35.5. The Labute approximate surface area is 204 Å². The van der Waals surface area contributed by atoms with Crippen molar-refractivity contribution < 1.29 is 18.0 Å². The van der Waals surface area contributed by atoms with Gasteiger partial charge < -0.3 is 5.32 Å². The summed E-state index contributed by atoms with van der Waals surface area (Å²) in [6.07, 6.45) is 1.13. The van der Waals surface area contributed by atoms with Crippen LogP contribution in [0.1, 0.15) is 34.3 Å². The first kappa shape index (κ1) is 24.1. The molecule has 0 spiro atoms. The fourth-order valence-electron chi connectivity index (χ4n) is 4.03. The van der Waals surface area contributed by atoms with Gasteiger partial charge in [-0.2, -0.15) is 4.31 Å². The van der Waals surface area contributed by atoms with Crippen molar-refractivity contribution in [2.24, 2.45) is 5.92 Å². The molecule has 1 heterocycles. The van der Waals surface area contributed by atoms with Crippen molar-refractivity contribution in [1.29, 1.82) is 0 Å². The van der Waals surface area contributed by atoms with Crippen LogP contribution in [0.25, 0.3) is 0 Å². The Morgan fingerprint density at radius 2 is 1.71 bits per heavy atom. The third-order valence-corrected chi connectivity index (χ3v) is 8.05. The normalized spacial score (nSPS) is 16.7. The van der Waals surface area contributed by atoms with Crippen LogP contribution in [0.4, 0.5) is 5.69 Å². The summed E-state index contributed by atoms with van der Waals surface area (Å²) in [5.41, 5.74) is 2.08. The number of halogens is 1. The number of rotatable bonds is 6. The number of amides is 1. The molecule has 176 valence electrons. The number of carbonyl (C=O) groups excluding carboxylic acids is 2. The molecule has 0 saturated carbocycles. The molecule has 1 aliphatic rings. The van der Waals surface area contributed by atoms with Crippen LogP contribution in [-0.2, 0) is 14.8 Å². The molecule has 6 nitrogen and oxygen atoms in total. The second kappa shape index (κ2) is 10.1. The zero-order chi connectivity index (χ0) is 24.3. The lowest BCUT2D eigenvalue weighted by molar-refractivity contribution is -0.120. The maximum atomic E-state index is 13.1. The minimum Gasteiger partial charge on any atom is -0.325 e. The van der Waals surface area contributed by atoms with Crippen molar-refractivity contribution in [3.05, 3.63) is 94.5 Å². The molecule has 0 bridgehead atoms. The van der Waals surface area contributed by atoms with Gasteiger partial charge in [-0.3, -0.25) is 9.59 Å². The van der Waals surface area contributed by atoms with Crippen LogP contribution < -0.4 is 5.32 Å². The summed E-state index contributed by atoms with van der Waals surface area (Å²) in [4.78, 5) is 26.4. The van der Waals surface area contributed by atoms with Crippen LogP contribution in [0, 0.1) is 12.8 Å². The summed E-state index contributed by atoms with van der Waals surface area (Å²) in [7, 11) is -3.70. The predicted molar refractivity (Wildman–Crippen MR) is 133 cm³/mol. The number of carbonyl (C=O) groups is 2. The number of sulfonamides is 1. The Bertz CT molecular complexity index is 1310. The van der Waals surface area contributed by atoms with Crippen molar-refractivity contribution in [3.8, 4) is 0 Å². The van der Waals surface area contributed by atoms with Gasteiger partial charge in [-0.15, -0.1) is 0 Å². The second-order valence-corrected chi connectivity index (χ2v) is 10.8. The van der Waals surface area contributed by atoms with Crippen LogP contribution in [0.15, 0.2) is 77.7 Å². The van der Waals surface area contributed by atoms with Crippen molar-refractivity contribution in [3.63, 3.8) is 0 Å². The molecule has 1 fully saturated rings. The molecule has 8 heteroatoms. The average molecular weight is 497 g/mol. The number of anilines is 1. The van der Waals surface area contributed by atoms with Gasteiger partial charge in [0, 0.05) is 29.2 Å². The van der Waals surface area contributed by atoms with Crippen molar-refractivity contribution in [1.82, 2.24) is 4.31 Å². The molecule has 0 aromatic heterocycles. The number of hydrogen-bond donors (Lipinski definition) is 1. The van der Waals surface area contributed by atoms with Gasteiger partial charge in [0.05, 0.1) is 16.5 Å². The molecular formula is C26H25ClN2O4S. The lowest BCUT2D eigenvalue weighted by Gasteiger charge is -2.31. The van der Waals surface area contributed by atoms with E-state index in [0.717, 1.165) is 5.56 Å². The first-order valence-electron chi connectivity index (χ1n) is 11.0. The van der Waals surface area contributed by atoms with Gasteiger partial charge in [-0.25, -0.2) is 8.42 Å². The summed E-state index contributed by atoms with van der Waals surface area (Å²) in [5.74, 6) is -1.12. The Morgan fingerprint density at radius 1 is 1.00 bits per heavy atom. The number of piperidine rings is 1. The SMILES string of the molecule is Cc1ccc(S(=O)(=O)N2CCC[C@H](C(=O)Nc3ccc(Cl)cc3C(=O)c3ccccc3)C2)cc1. The highest BCUT2D eigenvalue weighted by Crippen LogP contribution is 2.28. The monoisotopic (exact) mass is 496 g/mol. The van der Waals surface area contributed by atoms with Gasteiger partial charge in [-0.1, -0.05) is 59.6 Å². The lowest BCUT2D eigenvalue weighted by Crippen LogP contribution is -2.43. The molecule has 1 atom stereocenters. The van der Waals surface area contributed by atoms with Crippen LogP contribution in [-0.4, -0.2) is 37.5 Å². The van der Waals surface area contributed by atoms with E-state index in [2.05, 4.69) is 5.32 Å². The Hall–Kier alpha value is -3.00. The molecule has 0 unspecified atom stereocenters. The van der Waals surface area contributed by atoms with Gasteiger partial charge in [0.15, 0.2) is 5.78 Å². The van der Waals surface area contributed by atoms with E-state index in [0.29, 0.717) is 35.7 Å². The number of benzene rings is 3. The molecule has 1 N–H and O–H groups in total. The van der Waals surface area contributed by atoms with E-state index in [1.54, 1.807) is 60.7 Å². The fraction of sp³-hybridized carbons (Fsp3) is 0.231. The maximum absolute atomic E-state index is 13.1. The topological polar surface area (TPSA) is 83.6 Å². The third kappa shape index (κ3) is 5.22. The first-order valence-corrected chi connectivity index (χ1v) is 12.8. The Balaban J connectivity index is 1.53. The summed E-state index contributed by atoms with van der Waals surface area (Å²) in [6.45, 7) is 2.33. The van der Waals surface area contributed by atoms with Gasteiger partial charge >= 0.3 is 0 Å². The molecule has 3 aromatic rings. The zero-order valence-corrected chi connectivity index (χ0v) is 20.3. The van der Waals surface area contributed by atoms with Gasteiger partial charge in [0.1, 0.15) is 0 Å². The second-order valence-electron chi connectivity index (χ2n) is 8.39. The highest BCUT2D eigenvalue weighted by molar-refractivity contribution is 7.89. The van der Waals surface area contributed by atoms with Gasteiger partial charge in [0.2, 0.25) is 15.9 Å². The largest absolute Gasteiger partial charge is 0.325 e. The van der Waals surface area contributed by atoms with Crippen molar-refractivity contribution >= 4 is 39.0 Å². The van der Waals surface area contributed by atoms with E-state index in [-0.39, 0.29) is 28.7 Å². The first-order chi connectivity index (χ1) is 16.3. The van der Waals surface area contributed by atoms with Crippen molar-refractivity contribution in [2.75, 3.05) is 18.4 Å². The summed E-state index contributed by atoms with van der Waals surface area (Å²) >= 11 is 6.13. The summed E-state index contributed by atoms with van der Waals surface area (Å²) in [6, 6.07) is 20.2. The molecule has 3 aromatic carbocycles. The average Bonchev–Trinajstić information content (AvgIpc) is 2.85. The molecular weight excluding hydrogens is 472 g/mol. The van der Waals surface area contributed by atoms with E-state index < -0.39 is 15.9 Å². The molecule has 0 aliphatic carbocycles. The van der Waals surface area contributed by atoms with Crippen LogP contribution in [0.2, 0.25) is 5.02 Å². The third-order valence-electron chi connectivity index (χ3n) is 5.93. The van der Waals surface area contributed by atoms with E-state index in [9.17, 15) is 18.0 Å². The van der Waals surface area contributed by atoms with Crippen molar-refractivity contribution in [2.45, 2.75) is 24.7 Å². The number of aryl methyl sites for hydroxylation is 1. The van der Waals surface area contributed by atoms with Crippen LogP contribution in [0.3, 0.4) is 0 Å². The summed E-state index contributed by atoms with van der Waals surface area (Å²) in [5, 5.41) is 3.22. The maximum Gasteiger partial charge on any atom is 0.243 e. The Kier molecular flexibility index (Phi) is 7.16. The standard InChI is InChI=1S/C26H25ClN2O4S/c1-18-9-12-22(13-10-18)34(32,33)29-15-5-8-20(17-29)26(31)28-24-14-11-21(27)16-23(24)25(30)19-6-3-2-4-7-19/h2-4,6-7,9-14,16,20H,5,8,15,17H2,1H3,(H,28,31)/t20-/m0/s1. The predicted octanol–water partition coefficient (Wildman–Crippen LogP) is 4.92. The molecule has 1 amide bonds. The fourth-order valence-corrected chi connectivity index (χ4v) is 5.72. The molecule has 1 saturated heterocycles. The molecule has 34 heavy (non-hydrogen) atoms. The minimum atomic E-state index is -3.70. The zero-order valence-electron chi connectivity index (χ0n) is 18.7. The van der Waals surface area contributed by atoms with Crippen LogP contribution in [0.5, 0.6) is 0 Å². The number of nitrogens with one attached hydrogen (secondary N) is 1. The molecule has 1 aliphatic heterocycles. The number of nitrogens with zero attached hydrogens (tertiary/aromatic N) is 1. The lowest BCUT2D eigenvalue weighted by atomic mass is 9.97. The number of ketones is 1. The summed E-state index contributed by atoms with van der Waals surface area (Å²) < 4.78 is 27.6.